The summed E-state index contributed by atoms with van der Waals surface area (Å²) in [6.07, 6.45) is 0.367. The van der Waals surface area contributed by atoms with Crippen molar-refractivity contribution in [2.24, 2.45) is 0 Å². The van der Waals surface area contributed by atoms with Crippen LogP contribution in [0.5, 0.6) is 0 Å². The zero-order valence-electron chi connectivity index (χ0n) is 11.1. The van der Waals surface area contributed by atoms with Crippen LogP contribution in [0.15, 0.2) is 11.4 Å². The highest BCUT2D eigenvalue weighted by Crippen LogP contribution is 2.21. The number of amides is 1. The molecule has 1 aliphatic rings. The highest BCUT2D eigenvalue weighted by molar-refractivity contribution is 7.14. The van der Waals surface area contributed by atoms with Gasteiger partial charge in [0, 0.05) is 0 Å². The number of rotatable bonds is 3. The molecule has 1 aromatic heterocycles. The van der Waals surface area contributed by atoms with Gasteiger partial charge in [-0.2, -0.15) is 5.26 Å². The summed E-state index contributed by atoms with van der Waals surface area (Å²) in [7, 11) is 0. The normalized spacial score (nSPS) is 26.7. The summed E-state index contributed by atoms with van der Waals surface area (Å²) in [5.41, 5.74) is 0.525. The van der Waals surface area contributed by atoms with Crippen LogP contribution in [-0.4, -0.2) is 37.7 Å². The molecule has 0 aromatic carbocycles. The molecule has 2 rings (SSSR count). The number of carbonyl (C=O) groups is 1. The predicted molar refractivity (Wildman–Crippen MR) is 73.2 cm³/mol. The van der Waals surface area contributed by atoms with Gasteiger partial charge in [-0.1, -0.05) is 0 Å². The molecule has 1 fully saturated rings. The molecule has 0 spiro atoms. The molecule has 5 nitrogen and oxygen atoms in total. The zero-order valence-corrected chi connectivity index (χ0v) is 11.9. The summed E-state index contributed by atoms with van der Waals surface area (Å²) >= 11 is 1.38. The lowest BCUT2D eigenvalue weighted by atomic mass is 10.2. The maximum atomic E-state index is 12.0. The van der Waals surface area contributed by atoms with Crippen molar-refractivity contribution in [3.8, 4) is 6.07 Å². The monoisotopic (exact) mass is 280 g/mol. The summed E-state index contributed by atoms with van der Waals surface area (Å²) in [6, 6.07) is 3.78. The number of nitrogens with one attached hydrogen (secondary N) is 2. The van der Waals surface area contributed by atoms with Crippen LogP contribution in [0, 0.1) is 11.3 Å². The summed E-state index contributed by atoms with van der Waals surface area (Å²) in [4.78, 5) is 13.2. The van der Waals surface area contributed by atoms with Crippen molar-refractivity contribution in [2.45, 2.75) is 26.1 Å². The van der Waals surface area contributed by atoms with E-state index in [-0.39, 0.29) is 18.1 Å². The third-order valence-corrected chi connectivity index (χ3v) is 3.90. The van der Waals surface area contributed by atoms with Gasteiger partial charge in [0.2, 0.25) is 0 Å². The maximum absolute atomic E-state index is 12.0. The molecule has 0 bridgehead atoms. The Morgan fingerprint density at radius 2 is 2.26 bits per heavy atom. The van der Waals surface area contributed by atoms with E-state index < -0.39 is 0 Å². The highest BCUT2D eigenvalue weighted by atomic mass is 32.1. The number of morpholine rings is 1. The molecule has 0 radical (unpaired) electrons. The molecular formula is C13H18N3O2S+. The molecular weight excluding hydrogens is 262 g/mol. The third kappa shape index (κ3) is 3.77. The van der Waals surface area contributed by atoms with Crippen LogP contribution in [-0.2, 0) is 9.53 Å². The van der Waals surface area contributed by atoms with E-state index >= 15 is 0 Å². The fourth-order valence-electron chi connectivity index (χ4n) is 2.43. The first-order chi connectivity index (χ1) is 9.08. The van der Waals surface area contributed by atoms with E-state index in [1.54, 1.807) is 11.4 Å². The Bertz CT molecular complexity index is 484. The van der Waals surface area contributed by atoms with Gasteiger partial charge in [0.05, 0.1) is 5.56 Å². The van der Waals surface area contributed by atoms with E-state index in [2.05, 4.69) is 11.4 Å². The molecule has 2 heterocycles. The summed E-state index contributed by atoms with van der Waals surface area (Å²) in [5.74, 6) is -0.0461. The molecule has 1 saturated heterocycles. The Hall–Kier alpha value is -1.42. The minimum Gasteiger partial charge on any atom is -0.364 e. The van der Waals surface area contributed by atoms with Gasteiger partial charge in [-0.15, -0.1) is 11.3 Å². The van der Waals surface area contributed by atoms with Gasteiger partial charge in [0.1, 0.15) is 36.4 Å². The van der Waals surface area contributed by atoms with E-state index in [0.717, 1.165) is 13.1 Å². The first kappa shape index (κ1) is 14.0. The molecule has 6 heteroatoms. The summed E-state index contributed by atoms with van der Waals surface area (Å²) in [6.45, 7) is 6.16. The van der Waals surface area contributed by atoms with Crippen LogP contribution in [0.4, 0.5) is 5.00 Å². The Labute approximate surface area is 116 Å². The topological polar surface area (TPSA) is 66.6 Å². The quantitative estimate of drug-likeness (QED) is 0.834. The van der Waals surface area contributed by atoms with Crippen molar-refractivity contribution in [2.75, 3.05) is 25.0 Å². The molecule has 1 amide bonds. The number of hydrogen-bond acceptors (Lipinski definition) is 4. The molecule has 19 heavy (non-hydrogen) atoms. The van der Waals surface area contributed by atoms with Gasteiger partial charge in [-0.3, -0.25) is 4.79 Å². The van der Waals surface area contributed by atoms with Crippen molar-refractivity contribution in [3.63, 3.8) is 0 Å². The van der Waals surface area contributed by atoms with E-state index in [0.29, 0.717) is 17.1 Å². The summed E-state index contributed by atoms with van der Waals surface area (Å²) in [5, 5.41) is 14.2. The smallest absolute Gasteiger partial charge is 0.280 e. The van der Waals surface area contributed by atoms with Gasteiger partial charge in [-0.05, 0) is 25.3 Å². The number of thiophene rings is 1. The molecule has 102 valence electrons. The van der Waals surface area contributed by atoms with Crippen LogP contribution in [0.2, 0.25) is 0 Å². The summed E-state index contributed by atoms with van der Waals surface area (Å²) < 4.78 is 5.65. The predicted octanol–water partition coefficient (Wildman–Crippen LogP) is 0.250. The Balaban J connectivity index is 1.89. The molecule has 0 aliphatic carbocycles. The standard InChI is InChI=1S/C13H17N3O2S/c1-9-6-16(7-10(2)18-9)8-12(17)15-13-11(5-14)3-4-19-13/h3-4,9-10H,6-8H2,1-2H3,(H,15,17)/p+1. The Morgan fingerprint density at radius 3 is 2.89 bits per heavy atom. The fraction of sp³-hybridized carbons (Fsp3) is 0.538. The molecule has 1 aromatic rings. The van der Waals surface area contributed by atoms with Crippen LogP contribution < -0.4 is 10.2 Å². The molecule has 2 N–H and O–H groups in total. The van der Waals surface area contributed by atoms with E-state index in [1.807, 2.05) is 13.8 Å². The number of nitrogens with zero attached hydrogens (tertiary/aromatic N) is 1. The van der Waals surface area contributed by atoms with Crippen molar-refractivity contribution in [1.29, 1.82) is 5.26 Å². The second-order valence-corrected chi connectivity index (χ2v) is 5.83. The lowest BCUT2D eigenvalue weighted by Crippen LogP contribution is -3.16. The number of carbonyl (C=O) groups excluding carboxylic acids is 1. The number of nitriles is 1. The number of quaternary nitrogens is 1. The second kappa shape index (κ2) is 6.15. The molecule has 1 aliphatic heterocycles. The minimum absolute atomic E-state index is 0.0461. The van der Waals surface area contributed by atoms with Gasteiger partial charge >= 0.3 is 0 Å². The van der Waals surface area contributed by atoms with Gasteiger partial charge < -0.3 is 15.0 Å². The number of ether oxygens (including phenoxy) is 1. The first-order valence-corrected chi connectivity index (χ1v) is 7.23. The minimum atomic E-state index is -0.0461. The third-order valence-electron chi connectivity index (χ3n) is 3.07. The van der Waals surface area contributed by atoms with Crippen LogP contribution in [0.25, 0.3) is 0 Å². The van der Waals surface area contributed by atoms with Crippen molar-refractivity contribution in [3.05, 3.63) is 17.0 Å². The highest BCUT2D eigenvalue weighted by Gasteiger charge is 2.27. The lowest BCUT2D eigenvalue weighted by Gasteiger charge is -2.31. The van der Waals surface area contributed by atoms with E-state index in [1.165, 1.54) is 16.2 Å². The molecule has 2 atom stereocenters. The Kier molecular flexibility index (Phi) is 4.53. The van der Waals surface area contributed by atoms with Crippen molar-refractivity contribution >= 4 is 22.2 Å². The molecule has 2 unspecified atom stereocenters. The van der Waals surface area contributed by atoms with Gasteiger partial charge in [-0.25, -0.2) is 0 Å². The maximum Gasteiger partial charge on any atom is 0.280 e. The first-order valence-electron chi connectivity index (χ1n) is 6.35. The van der Waals surface area contributed by atoms with Crippen LogP contribution >= 0.6 is 11.3 Å². The largest absolute Gasteiger partial charge is 0.364 e. The number of anilines is 1. The molecule has 0 saturated carbocycles. The zero-order chi connectivity index (χ0) is 13.8. The lowest BCUT2D eigenvalue weighted by molar-refractivity contribution is -0.907. The second-order valence-electron chi connectivity index (χ2n) is 4.92. The van der Waals surface area contributed by atoms with E-state index in [4.69, 9.17) is 10.00 Å². The van der Waals surface area contributed by atoms with Crippen LogP contribution in [0.1, 0.15) is 19.4 Å². The average molecular weight is 280 g/mol. The Morgan fingerprint density at radius 1 is 1.58 bits per heavy atom. The van der Waals surface area contributed by atoms with Crippen molar-refractivity contribution < 1.29 is 14.4 Å². The van der Waals surface area contributed by atoms with E-state index in [9.17, 15) is 4.79 Å². The van der Waals surface area contributed by atoms with Gasteiger partial charge in [0.25, 0.3) is 5.91 Å². The van der Waals surface area contributed by atoms with Crippen molar-refractivity contribution in [1.82, 2.24) is 0 Å². The van der Waals surface area contributed by atoms with Crippen LogP contribution in [0.3, 0.4) is 0 Å². The number of hydrogen-bond donors (Lipinski definition) is 2. The average Bonchev–Trinajstić information content (AvgIpc) is 2.74. The SMILES string of the molecule is CC1C[NH+](CC(=O)Nc2sccc2C#N)CC(C)O1. The van der Waals surface area contributed by atoms with Gasteiger partial charge in [0.15, 0.2) is 6.54 Å². The fourth-order valence-corrected chi connectivity index (χ4v) is 3.18.